The molecule has 0 bridgehead atoms. The Morgan fingerprint density at radius 2 is 1.16 bits per heavy atom. The third-order valence-electron chi connectivity index (χ3n) is 5.24. The van der Waals surface area contributed by atoms with Gasteiger partial charge in [-0.2, -0.15) is 0 Å². The molecule has 0 unspecified atom stereocenters. The molecule has 0 spiro atoms. The molecule has 0 aliphatic heterocycles. The van der Waals surface area contributed by atoms with Crippen LogP contribution in [0.1, 0.15) is 36.5 Å². The molecule has 3 rings (SSSR count). The Balaban J connectivity index is 1.90. The van der Waals surface area contributed by atoms with Gasteiger partial charge in [0.15, 0.2) is 0 Å². The summed E-state index contributed by atoms with van der Waals surface area (Å²) in [5, 5.41) is 0.117. The van der Waals surface area contributed by atoms with Crippen LogP contribution in [0.2, 0.25) is 6.32 Å². The zero-order chi connectivity index (χ0) is 17.4. The summed E-state index contributed by atoms with van der Waals surface area (Å²) in [5.74, 6) is 0. The monoisotopic (exact) mass is 326 g/mol. The van der Waals surface area contributed by atoms with Gasteiger partial charge in [-0.3, -0.25) is 0 Å². The predicted octanol–water partition coefficient (Wildman–Crippen LogP) is 5.83. The summed E-state index contributed by atoms with van der Waals surface area (Å²) in [6.07, 6.45) is 4.73. The van der Waals surface area contributed by atoms with E-state index in [9.17, 15) is 0 Å². The largest absolute Gasteiger partial charge is 0.139 e. The van der Waals surface area contributed by atoms with E-state index in [1.165, 1.54) is 43.1 Å². The maximum Gasteiger partial charge on any atom is 0.139 e. The van der Waals surface area contributed by atoms with Gasteiger partial charge in [0.05, 0.1) is 0 Å². The van der Waals surface area contributed by atoms with Crippen molar-refractivity contribution in [1.82, 2.24) is 0 Å². The average Bonchev–Trinajstić information content (AvgIpc) is 2.69. The van der Waals surface area contributed by atoms with E-state index in [1.54, 1.807) is 0 Å². The zero-order valence-corrected chi connectivity index (χ0v) is 15.2. The Kier molecular flexibility index (Phi) is 6.12. The summed E-state index contributed by atoms with van der Waals surface area (Å²) < 4.78 is 0. The van der Waals surface area contributed by atoms with E-state index < -0.39 is 0 Å². The summed E-state index contributed by atoms with van der Waals surface area (Å²) in [4.78, 5) is 0. The zero-order valence-electron chi connectivity index (χ0n) is 15.2. The van der Waals surface area contributed by atoms with Crippen molar-refractivity contribution in [2.24, 2.45) is 0 Å². The van der Waals surface area contributed by atoms with Gasteiger partial charge in [-0.1, -0.05) is 111 Å². The highest BCUT2D eigenvalue weighted by Gasteiger charge is 2.33. The van der Waals surface area contributed by atoms with Gasteiger partial charge in [-0.15, -0.1) is 0 Å². The SMILES string of the molecule is CCCC(BCCc1ccccc1)(c1ccccc1)c1ccccc1. The van der Waals surface area contributed by atoms with E-state index in [1.807, 2.05) is 0 Å². The van der Waals surface area contributed by atoms with Crippen LogP contribution >= 0.6 is 0 Å². The van der Waals surface area contributed by atoms with E-state index >= 15 is 0 Å². The van der Waals surface area contributed by atoms with Gasteiger partial charge in [-0.05, 0) is 34.8 Å². The summed E-state index contributed by atoms with van der Waals surface area (Å²) in [6, 6.07) is 33.1. The lowest BCUT2D eigenvalue weighted by molar-refractivity contribution is 0.621. The summed E-state index contributed by atoms with van der Waals surface area (Å²) in [5.41, 5.74) is 4.35. The maximum absolute atomic E-state index is 2.31. The van der Waals surface area contributed by atoms with Gasteiger partial charge < -0.3 is 0 Å². The fraction of sp³-hybridized carbons (Fsp3) is 0.250. The molecular weight excluding hydrogens is 299 g/mol. The molecule has 0 radical (unpaired) electrons. The van der Waals surface area contributed by atoms with Crippen LogP contribution in [0.15, 0.2) is 91.0 Å². The van der Waals surface area contributed by atoms with Crippen molar-refractivity contribution >= 4 is 7.28 Å². The predicted molar refractivity (Wildman–Crippen MR) is 111 cm³/mol. The third kappa shape index (κ3) is 4.23. The molecule has 0 fully saturated rings. The van der Waals surface area contributed by atoms with Crippen LogP contribution in [0.25, 0.3) is 0 Å². The molecule has 1 heteroatoms. The highest BCUT2D eigenvalue weighted by Crippen LogP contribution is 2.36. The lowest BCUT2D eigenvalue weighted by atomic mass is 9.43. The van der Waals surface area contributed by atoms with Crippen molar-refractivity contribution < 1.29 is 0 Å². The maximum atomic E-state index is 2.31. The van der Waals surface area contributed by atoms with Crippen LogP contribution in [-0.4, -0.2) is 7.28 Å². The van der Waals surface area contributed by atoms with E-state index in [-0.39, 0.29) is 5.31 Å². The molecule has 126 valence electrons. The van der Waals surface area contributed by atoms with Crippen molar-refractivity contribution in [3.8, 4) is 0 Å². The minimum Gasteiger partial charge on any atom is -0.0722 e. The van der Waals surface area contributed by atoms with Gasteiger partial charge in [0.25, 0.3) is 0 Å². The first-order valence-corrected chi connectivity index (χ1v) is 9.50. The van der Waals surface area contributed by atoms with Crippen molar-refractivity contribution in [3.05, 3.63) is 108 Å². The number of benzene rings is 3. The van der Waals surface area contributed by atoms with Crippen molar-refractivity contribution in [1.29, 1.82) is 0 Å². The second kappa shape index (κ2) is 8.71. The van der Waals surface area contributed by atoms with Crippen LogP contribution in [0.4, 0.5) is 0 Å². The topological polar surface area (TPSA) is 0 Å². The standard InChI is InChI=1S/C24H27B/c1-2-19-24(22-14-8-4-9-15-22,23-16-10-5-11-17-23)25-20-18-21-12-6-3-7-13-21/h3-17,25H,2,18-20H2,1H3. The molecular formula is C24H27B. The lowest BCUT2D eigenvalue weighted by Gasteiger charge is -2.35. The molecule has 0 aliphatic rings. The summed E-state index contributed by atoms with van der Waals surface area (Å²) in [7, 11) is 1.18. The second-order valence-corrected chi connectivity index (χ2v) is 6.90. The lowest BCUT2D eigenvalue weighted by Crippen LogP contribution is -2.35. The van der Waals surface area contributed by atoms with Gasteiger partial charge in [0.1, 0.15) is 7.28 Å². The van der Waals surface area contributed by atoms with Gasteiger partial charge in [0, 0.05) is 0 Å². The van der Waals surface area contributed by atoms with E-state index in [2.05, 4.69) is 97.9 Å². The molecule has 0 amide bonds. The third-order valence-corrected chi connectivity index (χ3v) is 5.24. The molecule has 0 aliphatic carbocycles. The van der Waals surface area contributed by atoms with E-state index in [4.69, 9.17) is 0 Å². The quantitative estimate of drug-likeness (QED) is 0.457. The van der Waals surface area contributed by atoms with Crippen LogP contribution in [0.5, 0.6) is 0 Å². The molecule has 0 N–H and O–H groups in total. The van der Waals surface area contributed by atoms with Crippen molar-refractivity contribution in [2.75, 3.05) is 0 Å². The molecule has 3 aromatic rings. The molecule has 0 saturated heterocycles. The van der Waals surface area contributed by atoms with Crippen LogP contribution in [0.3, 0.4) is 0 Å². The first-order valence-electron chi connectivity index (χ1n) is 9.50. The molecule has 0 atom stereocenters. The smallest absolute Gasteiger partial charge is 0.0722 e. The number of aryl methyl sites for hydroxylation is 1. The molecule has 0 aromatic heterocycles. The first kappa shape index (κ1) is 17.5. The number of hydrogen-bond donors (Lipinski definition) is 0. The Bertz CT molecular complexity index is 695. The van der Waals surface area contributed by atoms with Gasteiger partial charge in [0.2, 0.25) is 0 Å². The normalized spacial score (nSPS) is 11.2. The Morgan fingerprint density at radius 3 is 1.64 bits per heavy atom. The van der Waals surface area contributed by atoms with Gasteiger partial charge in [-0.25, -0.2) is 0 Å². The van der Waals surface area contributed by atoms with E-state index in [0.717, 1.165) is 6.42 Å². The van der Waals surface area contributed by atoms with Crippen LogP contribution in [0, 0.1) is 0 Å². The van der Waals surface area contributed by atoms with Crippen LogP contribution in [-0.2, 0) is 11.7 Å². The Labute approximate surface area is 153 Å². The van der Waals surface area contributed by atoms with Crippen molar-refractivity contribution in [3.63, 3.8) is 0 Å². The highest BCUT2D eigenvalue weighted by molar-refractivity contribution is 6.41. The fourth-order valence-corrected chi connectivity index (χ4v) is 4.05. The molecule has 0 heterocycles. The van der Waals surface area contributed by atoms with E-state index in [0.29, 0.717) is 0 Å². The molecule has 25 heavy (non-hydrogen) atoms. The fourth-order valence-electron chi connectivity index (χ4n) is 4.05. The molecule has 0 nitrogen and oxygen atoms in total. The molecule has 0 saturated carbocycles. The average molecular weight is 326 g/mol. The Hall–Kier alpha value is -2.28. The highest BCUT2D eigenvalue weighted by atomic mass is 14.3. The number of hydrogen-bond acceptors (Lipinski definition) is 0. The minimum absolute atomic E-state index is 0.117. The van der Waals surface area contributed by atoms with Crippen LogP contribution < -0.4 is 0 Å². The first-order chi connectivity index (χ1) is 12.3. The summed E-state index contributed by atoms with van der Waals surface area (Å²) >= 11 is 0. The second-order valence-electron chi connectivity index (χ2n) is 6.90. The van der Waals surface area contributed by atoms with Crippen molar-refractivity contribution in [2.45, 2.75) is 37.8 Å². The number of rotatable bonds is 8. The molecule has 3 aromatic carbocycles. The minimum atomic E-state index is 0.117. The summed E-state index contributed by atoms with van der Waals surface area (Å²) in [6.45, 7) is 2.30. The van der Waals surface area contributed by atoms with Gasteiger partial charge >= 0.3 is 0 Å². The Morgan fingerprint density at radius 1 is 0.680 bits per heavy atom.